The molecule has 0 aliphatic heterocycles. The lowest BCUT2D eigenvalue weighted by Crippen LogP contribution is -2.26. The molecular formula is C12H19N3O4S2. The van der Waals surface area contributed by atoms with Crippen molar-refractivity contribution in [3.05, 3.63) is 28.3 Å². The number of sulfonamides is 1. The molecule has 0 saturated heterocycles. The van der Waals surface area contributed by atoms with Gasteiger partial charge in [-0.1, -0.05) is 6.92 Å². The fraction of sp³-hybridized carbons (Fsp3) is 0.500. The van der Waals surface area contributed by atoms with Crippen LogP contribution in [-0.2, 0) is 10.0 Å². The third-order valence-corrected chi connectivity index (χ3v) is 4.74. The van der Waals surface area contributed by atoms with Crippen molar-refractivity contribution in [1.82, 2.24) is 4.72 Å². The number of nitro benzene ring substituents is 1. The van der Waals surface area contributed by atoms with Gasteiger partial charge in [-0.15, -0.1) is 0 Å². The number of anilines is 1. The van der Waals surface area contributed by atoms with Gasteiger partial charge in [-0.3, -0.25) is 10.1 Å². The fourth-order valence-corrected chi connectivity index (χ4v) is 3.24. The maximum atomic E-state index is 12.1. The number of hydrogen-bond acceptors (Lipinski definition) is 6. The van der Waals surface area contributed by atoms with E-state index in [2.05, 4.69) is 10.0 Å². The molecule has 0 aromatic heterocycles. The lowest BCUT2D eigenvalue weighted by Gasteiger charge is -2.09. The van der Waals surface area contributed by atoms with E-state index in [1.54, 1.807) is 0 Å². The Morgan fingerprint density at radius 2 is 2.05 bits per heavy atom. The topological polar surface area (TPSA) is 101 Å². The Labute approximate surface area is 128 Å². The van der Waals surface area contributed by atoms with E-state index in [1.165, 1.54) is 30.0 Å². The van der Waals surface area contributed by atoms with Crippen molar-refractivity contribution in [2.24, 2.45) is 0 Å². The minimum absolute atomic E-state index is 0.233. The van der Waals surface area contributed by atoms with Gasteiger partial charge in [0.15, 0.2) is 4.90 Å². The monoisotopic (exact) mass is 333 g/mol. The van der Waals surface area contributed by atoms with Crippen LogP contribution in [0.15, 0.2) is 23.1 Å². The second-order valence-electron chi connectivity index (χ2n) is 4.26. The number of rotatable bonds is 9. The van der Waals surface area contributed by atoms with Gasteiger partial charge in [-0.25, -0.2) is 13.1 Å². The molecule has 9 heteroatoms. The SMILES string of the molecule is CCCNc1ccc(S(=O)(=O)NCCSC)c([N+](=O)[O-])c1. The first kappa shape index (κ1) is 17.7. The summed E-state index contributed by atoms with van der Waals surface area (Å²) in [6.45, 7) is 2.86. The highest BCUT2D eigenvalue weighted by Gasteiger charge is 2.25. The van der Waals surface area contributed by atoms with Crippen LogP contribution < -0.4 is 10.0 Å². The highest BCUT2D eigenvalue weighted by Crippen LogP contribution is 2.27. The maximum Gasteiger partial charge on any atom is 0.291 e. The molecule has 1 aromatic carbocycles. The zero-order valence-electron chi connectivity index (χ0n) is 12.0. The van der Waals surface area contributed by atoms with Gasteiger partial charge in [0.25, 0.3) is 5.69 Å². The van der Waals surface area contributed by atoms with E-state index in [0.29, 0.717) is 18.0 Å². The minimum Gasteiger partial charge on any atom is -0.385 e. The van der Waals surface area contributed by atoms with Gasteiger partial charge in [0.05, 0.1) is 4.92 Å². The standard InChI is InChI=1S/C12H19N3O4S2/c1-3-6-13-10-4-5-12(11(9-10)15(16)17)21(18,19)14-7-8-20-2/h4-5,9,13-14H,3,6-8H2,1-2H3. The summed E-state index contributed by atoms with van der Waals surface area (Å²) >= 11 is 1.49. The van der Waals surface area contributed by atoms with Gasteiger partial charge in [-0.05, 0) is 24.8 Å². The van der Waals surface area contributed by atoms with Gasteiger partial charge in [0, 0.05) is 30.6 Å². The number of hydrogen-bond donors (Lipinski definition) is 2. The second kappa shape index (κ2) is 8.20. The van der Waals surface area contributed by atoms with Crippen LogP contribution in [0.4, 0.5) is 11.4 Å². The smallest absolute Gasteiger partial charge is 0.291 e. The van der Waals surface area contributed by atoms with E-state index in [1.807, 2.05) is 13.2 Å². The van der Waals surface area contributed by atoms with Crippen molar-refractivity contribution in [2.45, 2.75) is 18.2 Å². The molecule has 21 heavy (non-hydrogen) atoms. The second-order valence-corrected chi connectivity index (χ2v) is 6.98. The van der Waals surface area contributed by atoms with Crippen LogP contribution in [0.3, 0.4) is 0 Å². The van der Waals surface area contributed by atoms with Crippen LogP contribution in [0.1, 0.15) is 13.3 Å². The molecule has 0 unspecified atom stereocenters. The molecule has 0 heterocycles. The summed E-state index contributed by atoms with van der Waals surface area (Å²) in [5.41, 5.74) is 0.111. The summed E-state index contributed by atoms with van der Waals surface area (Å²) in [4.78, 5) is 10.1. The Balaban J connectivity index is 3.08. The van der Waals surface area contributed by atoms with Crippen LogP contribution in [0.25, 0.3) is 0 Å². The normalized spacial score (nSPS) is 11.3. The number of thioether (sulfide) groups is 1. The Bertz CT molecular complexity index is 590. The summed E-state index contributed by atoms with van der Waals surface area (Å²) in [7, 11) is -3.88. The van der Waals surface area contributed by atoms with Gasteiger partial charge < -0.3 is 5.32 Å². The number of benzene rings is 1. The molecule has 0 bridgehead atoms. The first-order valence-electron chi connectivity index (χ1n) is 6.43. The van der Waals surface area contributed by atoms with E-state index in [4.69, 9.17) is 0 Å². The first-order valence-corrected chi connectivity index (χ1v) is 9.31. The lowest BCUT2D eigenvalue weighted by atomic mass is 10.2. The summed E-state index contributed by atoms with van der Waals surface area (Å²) in [6, 6.07) is 4.04. The summed E-state index contributed by atoms with van der Waals surface area (Å²) in [5.74, 6) is 0.600. The minimum atomic E-state index is -3.88. The van der Waals surface area contributed by atoms with E-state index in [0.717, 1.165) is 6.42 Å². The fourth-order valence-electron chi connectivity index (χ4n) is 1.62. The van der Waals surface area contributed by atoms with Crippen molar-refractivity contribution in [3.8, 4) is 0 Å². The molecule has 1 aromatic rings. The summed E-state index contributed by atoms with van der Waals surface area (Å²) < 4.78 is 26.6. The Hall–Kier alpha value is -1.32. The quantitative estimate of drug-likeness (QED) is 0.407. The predicted octanol–water partition coefficient (Wildman–Crippen LogP) is 2.06. The van der Waals surface area contributed by atoms with Crippen LogP contribution in [-0.4, -0.2) is 38.4 Å². The van der Waals surface area contributed by atoms with Gasteiger partial charge >= 0.3 is 0 Å². The molecule has 0 aliphatic carbocycles. The summed E-state index contributed by atoms with van der Waals surface area (Å²) in [6.07, 6.45) is 2.72. The van der Waals surface area contributed by atoms with Crippen molar-refractivity contribution in [1.29, 1.82) is 0 Å². The first-order chi connectivity index (χ1) is 9.92. The molecule has 0 saturated carbocycles. The van der Waals surface area contributed by atoms with E-state index in [9.17, 15) is 18.5 Å². The summed E-state index contributed by atoms with van der Waals surface area (Å²) in [5, 5.41) is 14.1. The van der Waals surface area contributed by atoms with Crippen molar-refractivity contribution >= 4 is 33.2 Å². The molecule has 0 aliphatic rings. The van der Waals surface area contributed by atoms with Crippen LogP contribution >= 0.6 is 11.8 Å². The van der Waals surface area contributed by atoms with E-state index < -0.39 is 20.6 Å². The molecule has 1 rings (SSSR count). The number of nitro groups is 1. The van der Waals surface area contributed by atoms with Crippen molar-refractivity contribution < 1.29 is 13.3 Å². The highest BCUT2D eigenvalue weighted by molar-refractivity contribution is 7.98. The molecular weight excluding hydrogens is 314 g/mol. The van der Waals surface area contributed by atoms with Gasteiger partial charge in [0.1, 0.15) is 0 Å². The molecule has 7 nitrogen and oxygen atoms in total. The van der Waals surface area contributed by atoms with E-state index in [-0.39, 0.29) is 11.4 Å². The lowest BCUT2D eigenvalue weighted by molar-refractivity contribution is -0.387. The Kier molecular flexibility index (Phi) is 6.93. The average molecular weight is 333 g/mol. The largest absolute Gasteiger partial charge is 0.385 e. The van der Waals surface area contributed by atoms with Crippen LogP contribution in [0.5, 0.6) is 0 Å². The molecule has 0 atom stereocenters. The maximum absolute atomic E-state index is 12.1. The molecule has 0 spiro atoms. The third-order valence-electron chi connectivity index (χ3n) is 2.62. The van der Waals surface area contributed by atoms with Crippen molar-refractivity contribution in [3.63, 3.8) is 0 Å². The molecule has 0 radical (unpaired) electrons. The predicted molar refractivity (Wildman–Crippen MR) is 85.4 cm³/mol. The molecule has 2 N–H and O–H groups in total. The van der Waals surface area contributed by atoms with Gasteiger partial charge in [-0.2, -0.15) is 11.8 Å². The zero-order valence-corrected chi connectivity index (χ0v) is 13.6. The van der Waals surface area contributed by atoms with Crippen molar-refractivity contribution in [2.75, 3.05) is 30.4 Å². The van der Waals surface area contributed by atoms with Crippen LogP contribution in [0, 0.1) is 10.1 Å². The molecule has 118 valence electrons. The zero-order chi connectivity index (χ0) is 15.9. The van der Waals surface area contributed by atoms with Gasteiger partial charge in [0.2, 0.25) is 10.0 Å². The molecule has 0 fully saturated rings. The van der Waals surface area contributed by atoms with Crippen LogP contribution in [0.2, 0.25) is 0 Å². The Morgan fingerprint density at radius 1 is 1.33 bits per heavy atom. The number of nitrogens with zero attached hydrogens (tertiary/aromatic N) is 1. The third kappa shape index (κ3) is 5.18. The Morgan fingerprint density at radius 3 is 2.62 bits per heavy atom. The highest BCUT2D eigenvalue weighted by atomic mass is 32.2. The average Bonchev–Trinajstić information content (AvgIpc) is 2.44. The molecule has 0 amide bonds. The van der Waals surface area contributed by atoms with E-state index >= 15 is 0 Å². The number of nitrogens with one attached hydrogen (secondary N) is 2.